The Hall–Kier alpha value is -1.46. The van der Waals surface area contributed by atoms with Crippen LogP contribution in [0.4, 0.5) is 0 Å². The number of nitrogens with zero attached hydrogens (tertiary/aromatic N) is 1. The highest BCUT2D eigenvalue weighted by molar-refractivity contribution is 5.97. The molecule has 2 N–H and O–H groups in total. The number of nitrogens with two attached hydrogens (primary N) is 1. The molecule has 1 heterocycles. The van der Waals surface area contributed by atoms with E-state index in [4.69, 9.17) is 15.2 Å². The van der Waals surface area contributed by atoms with Crippen LogP contribution in [-0.2, 0) is 4.74 Å². The lowest BCUT2D eigenvalue weighted by atomic mass is 10.2. The molecule has 0 aliphatic carbocycles. The fraction of sp³-hybridized carbons (Fsp3) is 0.400. The second-order valence-electron chi connectivity index (χ2n) is 2.88. The van der Waals surface area contributed by atoms with E-state index < -0.39 is 0 Å². The molecule has 1 aromatic heterocycles. The third-order valence-electron chi connectivity index (χ3n) is 1.77. The van der Waals surface area contributed by atoms with Crippen molar-refractivity contribution < 1.29 is 14.3 Å². The third-order valence-corrected chi connectivity index (χ3v) is 1.77. The van der Waals surface area contributed by atoms with Gasteiger partial charge in [-0.3, -0.25) is 9.78 Å². The second kappa shape index (κ2) is 6.10. The molecule has 0 aliphatic heterocycles. The summed E-state index contributed by atoms with van der Waals surface area (Å²) in [5, 5.41) is 0. The van der Waals surface area contributed by atoms with Gasteiger partial charge in [0, 0.05) is 18.3 Å². The van der Waals surface area contributed by atoms with E-state index in [1.165, 1.54) is 19.5 Å². The van der Waals surface area contributed by atoms with Gasteiger partial charge in [0.1, 0.15) is 12.4 Å². The van der Waals surface area contributed by atoms with Crippen LogP contribution in [0.5, 0.6) is 5.75 Å². The zero-order valence-electron chi connectivity index (χ0n) is 8.60. The molecule has 0 aromatic carbocycles. The Bertz CT molecular complexity index is 328. The van der Waals surface area contributed by atoms with Gasteiger partial charge in [0.15, 0.2) is 5.78 Å². The molecule has 0 saturated carbocycles. The maximum atomic E-state index is 11.5. The van der Waals surface area contributed by atoms with E-state index in [0.29, 0.717) is 24.5 Å². The summed E-state index contributed by atoms with van der Waals surface area (Å²) in [4.78, 5) is 15.4. The number of carbonyl (C=O) groups excluding carboxylic acids is 1. The van der Waals surface area contributed by atoms with Gasteiger partial charge < -0.3 is 15.2 Å². The Morgan fingerprint density at radius 1 is 1.53 bits per heavy atom. The topological polar surface area (TPSA) is 74.4 Å². The monoisotopic (exact) mass is 210 g/mol. The molecule has 0 bridgehead atoms. The van der Waals surface area contributed by atoms with Crippen LogP contribution in [0, 0.1) is 0 Å². The van der Waals surface area contributed by atoms with Crippen molar-refractivity contribution in [2.45, 2.75) is 0 Å². The van der Waals surface area contributed by atoms with Crippen molar-refractivity contribution in [3.8, 4) is 5.75 Å². The van der Waals surface area contributed by atoms with Crippen LogP contribution in [0.1, 0.15) is 10.4 Å². The first-order valence-corrected chi connectivity index (χ1v) is 4.58. The molecule has 15 heavy (non-hydrogen) atoms. The fourth-order valence-corrected chi connectivity index (χ4v) is 1.01. The number of Topliss-reactive ketones (excluding diaryl/α,β-unsaturated/α-hetero) is 1. The van der Waals surface area contributed by atoms with Gasteiger partial charge in [0.2, 0.25) is 0 Å². The van der Waals surface area contributed by atoms with Gasteiger partial charge in [-0.15, -0.1) is 0 Å². The summed E-state index contributed by atoms with van der Waals surface area (Å²) < 4.78 is 9.98. The van der Waals surface area contributed by atoms with Crippen molar-refractivity contribution in [3.05, 3.63) is 24.0 Å². The molecular weight excluding hydrogens is 196 g/mol. The maximum Gasteiger partial charge on any atom is 0.190 e. The lowest BCUT2D eigenvalue weighted by molar-refractivity contribution is 0.0773. The molecular formula is C10H14N2O3. The molecule has 0 spiro atoms. The number of ether oxygens (including phenoxy) is 2. The molecule has 82 valence electrons. The zero-order chi connectivity index (χ0) is 11.1. The average molecular weight is 210 g/mol. The van der Waals surface area contributed by atoms with E-state index in [9.17, 15) is 4.79 Å². The number of ketones is 1. The standard InChI is InChI=1S/C10H14N2O3/c1-14-9-4-8(5-12-6-9)10(13)7-15-3-2-11/h4-6H,2-3,7,11H2,1H3. The molecule has 5 heteroatoms. The van der Waals surface area contributed by atoms with E-state index >= 15 is 0 Å². The minimum Gasteiger partial charge on any atom is -0.495 e. The number of pyridine rings is 1. The first-order valence-electron chi connectivity index (χ1n) is 4.58. The molecule has 0 fully saturated rings. The van der Waals surface area contributed by atoms with Gasteiger partial charge in [-0.25, -0.2) is 0 Å². The van der Waals surface area contributed by atoms with Gasteiger partial charge in [-0.2, -0.15) is 0 Å². The highest BCUT2D eigenvalue weighted by Crippen LogP contribution is 2.10. The van der Waals surface area contributed by atoms with Crippen LogP contribution < -0.4 is 10.5 Å². The molecule has 0 unspecified atom stereocenters. The Morgan fingerprint density at radius 2 is 2.33 bits per heavy atom. The summed E-state index contributed by atoms with van der Waals surface area (Å²) in [5.74, 6) is 0.425. The number of methoxy groups -OCH3 is 1. The molecule has 0 amide bonds. The largest absolute Gasteiger partial charge is 0.495 e. The fourth-order valence-electron chi connectivity index (χ4n) is 1.01. The zero-order valence-corrected chi connectivity index (χ0v) is 8.60. The normalized spacial score (nSPS) is 10.0. The molecule has 1 rings (SSSR count). The van der Waals surface area contributed by atoms with Gasteiger partial charge in [-0.05, 0) is 6.07 Å². The maximum absolute atomic E-state index is 11.5. The highest BCUT2D eigenvalue weighted by Gasteiger charge is 2.07. The van der Waals surface area contributed by atoms with E-state index in [1.54, 1.807) is 6.07 Å². The molecule has 0 atom stereocenters. The van der Waals surface area contributed by atoms with E-state index in [2.05, 4.69) is 4.98 Å². The first-order chi connectivity index (χ1) is 7.27. The van der Waals surface area contributed by atoms with Crippen LogP contribution in [0.3, 0.4) is 0 Å². The van der Waals surface area contributed by atoms with Crippen molar-refractivity contribution in [1.29, 1.82) is 0 Å². The summed E-state index contributed by atoms with van der Waals surface area (Å²) >= 11 is 0. The second-order valence-corrected chi connectivity index (χ2v) is 2.88. The Labute approximate surface area is 88.2 Å². The lowest BCUT2D eigenvalue weighted by Gasteiger charge is -2.03. The number of rotatable bonds is 6. The van der Waals surface area contributed by atoms with Gasteiger partial charge in [0.25, 0.3) is 0 Å². The van der Waals surface area contributed by atoms with Crippen molar-refractivity contribution >= 4 is 5.78 Å². The Balaban J connectivity index is 2.57. The smallest absolute Gasteiger partial charge is 0.190 e. The summed E-state index contributed by atoms with van der Waals surface area (Å²) in [7, 11) is 1.52. The predicted octanol–water partition coefficient (Wildman–Crippen LogP) is 0.248. The number of carbonyl (C=O) groups is 1. The van der Waals surface area contributed by atoms with Gasteiger partial charge in [-0.1, -0.05) is 0 Å². The Morgan fingerprint density at radius 3 is 3.00 bits per heavy atom. The molecule has 0 aliphatic rings. The predicted molar refractivity (Wildman–Crippen MR) is 55.0 cm³/mol. The van der Waals surface area contributed by atoms with E-state index in [1.807, 2.05) is 0 Å². The van der Waals surface area contributed by atoms with E-state index in [-0.39, 0.29) is 12.4 Å². The third kappa shape index (κ3) is 3.65. The minimum absolute atomic E-state index is 0.0199. The average Bonchev–Trinajstić information content (AvgIpc) is 2.29. The highest BCUT2D eigenvalue weighted by atomic mass is 16.5. The molecule has 0 saturated heterocycles. The summed E-state index contributed by atoms with van der Waals surface area (Å²) in [6.45, 7) is 0.804. The van der Waals surface area contributed by atoms with E-state index in [0.717, 1.165) is 0 Å². The van der Waals surface area contributed by atoms with Crippen LogP contribution >= 0.6 is 0 Å². The van der Waals surface area contributed by atoms with Crippen LogP contribution in [0.2, 0.25) is 0 Å². The van der Waals surface area contributed by atoms with Crippen molar-refractivity contribution in [2.75, 3.05) is 26.9 Å². The summed E-state index contributed by atoms with van der Waals surface area (Å²) in [6.07, 6.45) is 3.02. The van der Waals surface area contributed by atoms with Crippen molar-refractivity contribution in [1.82, 2.24) is 4.98 Å². The Kier molecular flexibility index (Phi) is 4.73. The van der Waals surface area contributed by atoms with Crippen molar-refractivity contribution in [3.63, 3.8) is 0 Å². The number of hydrogen-bond donors (Lipinski definition) is 1. The molecule has 5 nitrogen and oxygen atoms in total. The van der Waals surface area contributed by atoms with Gasteiger partial charge in [0.05, 0.1) is 19.9 Å². The SMILES string of the molecule is COc1cncc(C(=O)COCCN)c1. The van der Waals surface area contributed by atoms with Crippen molar-refractivity contribution in [2.24, 2.45) is 5.73 Å². The molecule has 1 aromatic rings. The van der Waals surface area contributed by atoms with Crippen LogP contribution in [0.15, 0.2) is 18.5 Å². The first kappa shape index (κ1) is 11.6. The van der Waals surface area contributed by atoms with Crippen LogP contribution in [0.25, 0.3) is 0 Å². The quantitative estimate of drug-likeness (QED) is 0.538. The van der Waals surface area contributed by atoms with Gasteiger partial charge >= 0.3 is 0 Å². The minimum atomic E-state index is -0.130. The molecule has 0 radical (unpaired) electrons. The summed E-state index contributed by atoms with van der Waals surface area (Å²) in [6, 6.07) is 1.63. The van der Waals surface area contributed by atoms with Crippen LogP contribution in [-0.4, -0.2) is 37.6 Å². The number of aromatic nitrogens is 1. The lowest BCUT2D eigenvalue weighted by Crippen LogP contribution is -2.14. The summed E-state index contributed by atoms with van der Waals surface area (Å²) in [5.41, 5.74) is 5.71. The number of hydrogen-bond acceptors (Lipinski definition) is 5.